The number of aromatic amines is 1. The Balaban J connectivity index is 1.76. The van der Waals surface area contributed by atoms with Crippen LogP contribution in [0.4, 0.5) is 10.1 Å². The van der Waals surface area contributed by atoms with Crippen molar-refractivity contribution in [2.45, 2.75) is 13.1 Å². The molecule has 0 atom stereocenters. The zero-order chi connectivity index (χ0) is 22.7. The van der Waals surface area contributed by atoms with Crippen molar-refractivity contribution >= 4 is 50.7 Å². The lowest BCUT2D eigenvalue weighted by Gasteiger charge is -2.13. The van der Waals surface area contributed by atoms with Crippen molar-refractivity contribution in [2.24, 2.45) is 0 Å². The van der Waals surface area contributed by atoms with Gasteiger partial charge in [-0.2, -0.15) is 0 Å². The summed E-state index contributed by atoms with van der Waals surface area (Å²) in [4.78, 5) is 21.7. The molecular formula is C20H19BrCl2FN5O2. The molecule has 0 aliphatic rings. The van der Waals surface area contributed by atoms with Gasteiger partial charge in [-0.1, -0.05) is 29.3 Å². The SMILES string of the molecule is CN(C)Cc1nc(C(=O)NCc2ccc(Cl)c(Oc3cc(N)cc(Cl)c3)c2F)c(Br)[nH]1. The molecule has 3 rings (SSSR count). The molecule has 2 aromatic carbocycles. The zero-order valence-electron chi connectivity index (χ0n) is 16.6. The lowest BCUT2D eigenvalue weighted by Crippen LogP contribution is -2.24. The molecular weight excluding hydrogens is 512 g/mol. The molecule has 1 aromatic heterocycles. The van der Waals surface area contributed by atoms with Gasteiger partial charge in [-0.15, -0.1) is 0 Å². The summed E-state index contributed by atoms with van der Waals surface area (Å²) in [5.74, 6) is -0.505. The fourth-order valence-electron chi connectivity index (χ4n) is 2.75. The molecule has 3 aromatic rings. The third-order valence-corrected chi connectivity index (χ3v) is 5.16. The number of nitrogens with two attached hydrogens (primary N) is 1. The van der Waals surface area contributed by atoms with Crippen molar-refractivity contribution in [2.75, 3.05) is 19.8 Å². The van der Waals surface area contributed by atoms with Crippen LogP contribution >= 0.6 is 39.1 Å². The van der Waals surface area contributed by atoms with Gasteiger partial charge in [0.2, 0.25) is 0 Å². The van der Waals surface area contributed by atoms with E-state index in [0.29, 0.717) is 27.7 Å². The highest BCUT2D eigenvalue weighted by molar-refractivity contribution is 9.10. The van der Waals surface area contributed by atoms with Crippen LogP contribution < -0.4 is 15.8 Å². The van der Waals surface area contributed by atoms with Crippen LogP contribution in [0, 0.1) is 5.82 Å². The molecule has 1 heterocycles. The number of rotatable bonds is 7. The van der Waals surface area contributed by atoms with Crippen LogP contribution in [0.5, 0.6) is 11.5 Å². The quantitative estimate of drug-likeness (QED) is 0.374. The summed E-state index contributed by atoms with van der Waals surface area (Å²) >= 11 is 15.4. The number of H-pyrrole nitrogens is 1. The van der Waals surface area contributed by atoms with Crippen LogP contribution in [0.15, 0.2) is 34.9 Å². The van der Waals surface area contributed by atoms with Gasteiger partial charge in [0.15, 0.2) is 17.3 Å². The second kappa shape index (κ2) is 9.86. The van der Waals surface area contributed by atoms with Crippen molar-refractivity contribution < 1.29 is 13.9 Å². The number of nitrogen functional groups attached to an aromatic ring is 1. The maximum absolute atomic E-state index is 15.0. The highest BCUT2D eigenvalue weighted by Gasteiger charge is 2.19. The lowest BCUT2D eigenvalue weighted by atomic mass is 10.2. The number of carbonyl (C=O) groups is 1. The van der Waals surface area contributed by atoms with E-state index in [-0.39, 0.29) is 34.3 Å². The second-order valence-electron chi connectivity index (χ2n) is 6.94. The monoisotopic (exact) mass is 529 g/mol. The van der Waals surface area contributed by atoms with Crippen LogP contribution in [0.25, 0.3) is 0 Å². The number of nitrogens with one attached hydrogen (secondary N) is 2. The molecule has 1 amide bonds. The van der Waals surface area contributed by atoms with E-state index in [4.69, 9.17) is 33.7 Å². The normalized spacial score (nSPS) is 11.1. The van der Waals surface area contributed by atoms with Gasteiger partial charge in [0, 0.05) is 28.9 Å². The molecule has 11 heteroatoms. The van der Waals surface area contributed by atoms with E-state index in [1.807, 2.05) is 19.0 Å². The summed E-state index contributed by atoms with van der Waals surface area (Å²) in [6.07, 6.45) is 0. The van der Waals surface area contributed by atoms with Crippen molar-refractivity contribution in [3.8, 4) is 11.5 Å². The average molecular weight is 531 g/mol. The Bertz CT molecular complexity index is 1100. The van der Waals surface area contributed by atoms with Crippen molar-refractivity contribution in [1.82, 2.24) is 20.2 Å². The number of hydrogen-bond donors (Lipinski definition) is 3. The topological polar surface area (TPSA) is 96.3 Å². The van der Waals surface area contributed by atoms with Gasteiger partial charge >= 0.3 is 0 Å². The molecule has 4 N–H and O–H groups in total. The van der Waals surface area contributed by atoms with Crippen LogP contribution in [0.3, 0.4) is 0 Å². The minimum Gasteiger partial charge on any atom is -0.453 e. The first-order valence-electron chi connectivity index (χ1n) is 9.02. The summed E-state index contributed by atoms with van der Waals surface area (Å²) < 4.78 is 21.1. The summed E-state index contributed by atoms with van der Waals surface area (Å²) in [6.45, 7) is 0.435. The summed E-state index contributed by atoms with van der Waals surface area (Å²) in [7, 11) is 3.77. The number of aromatic nitrogens is 2. The largest absolute Gasteiger partial charge is 0.453 e. The second-order valence-corrected chi connectivity index (χ2v) is 8.58. The van der Waals surface area contributed by atoms with Crippen LogP contribution in [0.1, 0.15) is 21.9 Å². The molecule has 31 heavy (non-hydrogen) atoms. The molecule has 0 bridgehead atoms. The summed E-state index contributed by atoms with van der Waals surface area (Å²) in [5.41, 5.74) is 6.47. The minimum atomic E-state index is -0.708. The maximum Gasteiger partial charge on any atom is 0.272 e. The van der Waals surface area contributed by atoms with Gasteiger partial charge in [0.1, 0.15) is 16.2 Å². The number of imidazole rings is 1. The highest BCUT2D eigenvalue weighted by Crippen LogP contribution is 2.35. The highest BCUT2D eigenvalue weighted by atomic mass is 79.9. The fraction of sp³-hybridized carbons (Fsp3) is 0.200. The molecule has 0 saturated heterocycles. The van der Waals surface area contributed by atoms with Gasteiger partial charge in [-0.3, -0.25) is 4.79 Å². The number of nitrogens with zero attached hydrogens (tertiary/aromatic N) is 2. The number of anilines is 1. The third kappa shape index (κ3) is 5.88. The maximum atomic E-state index is 15.0. The fourth-order valence-corrected chi connectivity index (χ4v) is 3.66. The first-order valence-corrected chi connectivity index (χ1v) is 10.6. The van der Waals surface area contributed by atoms with E-state index in [9.17, 15) is 4.79 Å². The van der Waals surface area contributed by atoms with E-state index in [1.165, 1.54) is 30.3 Å². The van der Waals surface area contributed by atoms with E-state index in [1.54, 1.807) is 0 Å². The smallest absolute Gasteiger partial charge is 0.272 e. The lowest BCUT2D eigenvalue weighted by molar-refractivity contribution is 0.0945. The Morgan fingerprint density at radius 3 is 2.74 bits per heavy atom. The molecule has 0 spiro atoms. The van der Waals surface area contributed by atoms with Crippen molar-refractivity contribution in [3.63, 3.8) is 0 Å². The Morgan fingerprint density at radius 2 is 2.06 bits per heavy atom. The number of hydrogen-bond acceptors (Lipinski definition) is 5. The number of ether oxygens (including phenoxy) is 1. The average Bonchev–Trinajstić information content (AvgIpc) is 3.03. The Morgan fingerprint density at radius 1 is 1.32 bits per heavy atom. The first-order chi connectivity index (χ1) is 14.6. The van der Waals surface area contributed by atoms with E-state index in [2.05, 4.69) is 31.2 Å². The Hall–Kier alpha value is -2.33. The van der Waals surface area contributed by atoms with E-state index < -0.39 is 11.7 Å². The molecule has 0 radical (unpaired) electrons. The molecule has 0 fully saturated rings. The molecule has 0 saturated carbocycles. The van der Waals surface area contributed by atoms with Gasteiger partial charge in [0.25, 0.3) is 5.91 Å². The van der Waals surface area contributed by atoms with Crippen molar-refractivity contribution in [1.29, 1.82) is 0 Å². The van der Waals surface area contributed by atoms with Crippen LogP contribution in [0.2, 0.25) is 10.0 Å². The van der Waals surface area contributed by atoms with Crippen LogP contribution in [-0.2, 0) is 13.1 Å². The van der Waals surface area contributed by atoms with Gasteiger partial charge in [-0.05, 0) is 48.2 Å². The number of halogens is 4. The summed E-state index contributed by atoms with van der Waals surface area (Å²) in [5, 5.41) is 3.05. The van der Waals surface area contributed by atoms with E-state index >= 15 is 4.39 Å². The standard InChI is InChI=1S/C20H19BrCl2FN5O2/c1-29(2)9-15-27-17(19(21)28-15)20(30)26-8-10-3-4-14(23)18(16(10)24)31-13-6-11(22)5-12(25)7-13/h3-7H,8-9,25H2,1-2H3,(H,26,30)(H,27,28). The van der Waals surface area contributed by atoms with E-state index in [0.717, 1.165) is 0 Å². The van der Waals surface area contributed by atoms with Crippen LogP contribution in [-0.4, -0.2) is 34.9 Å². The summed E-state index contributed by atoms with van der Waals surface area (Å²) in [6, 6.07) is 7.47. The van der Waals surface area contributed by atoms with Crippen molar-refractivity contribution in [3.05, 3.63) is 67.9 Å². The first kappa shape index (κ1) is 23.3. The molecule has 0 aliphatic carbocycles. The number of amides is 1. The number of benzene rings is 2. The Kier molecular flexibility index (Phi) is 7.42. The third-order valence-electron chi connectivity index (χ3n) is 4.07. The predicted octanol–water partition coefficient (Wildman–Crippen LogP) is 4.98. The minimum absolute atomic E-state index is 0.0643. The predicted molar refractivity (Wildman–Crippen MR) is 122 cm³/mol. The Labute approximate surface area is 196 Å². The van der Waals surface area contributed by atoms with Gasteiger partial charge in [-0.25, -0.2) is 9.37 Å². The number of carbonyl (C=O) groups excluding carboxylic acids is 1. The molecule has 164 valence electrons. The molecule has 0 aliphatic heterocycles. The molecule has 7 nitrogen and oxygen atoms in total. The van der Waals surface area contributed by atoms with Gasteiger partial charge in [0.05, 0.1) is 11.6 Å². The zero-order valence-corrected chi connectivity index (χ0v) is 19.7. The molecule has 0 unspecified atom stereocenters. The van der Waals surface area contributed by atoms with Gasteiger partial charge < -0.3 is 25.7 Å².